The molecule has 1 nitrogen and oxygen atoms in total. The summed E-state index contributed by atoms with van der Waals surface area (Å²) >= 11 is 0. The summed E-state index contributed by atoms with van der Waals surface area (Å²) in [5, 5.41) is 0. The average molecular weight is 217 g/mol. The van der Waals surface area contributed by atoms with Gasteiger partial charge < -0.3 is 5.73 Å². The van der Waals surface area contributed by atoms with E-state index in [1.54, 1.807) is 0 Å². The van der Waals surface area contributed by atoms with Crippen LogP contribution in [-0.2, 0) is 5.54 Å². The molecule has 88 valence electrons. The van der Waals surface area contributed by atoms with Gasteiger partial charge in [0.05, 0.1) is 0 Å². The van der Waals surface area contributed by atoms with Crippen molar-refractivity contribution in [2.45, 2.75) is 58.9 Å². The molecule has 0 aromatic heterocycles. The van der Waals surface area contributed by atoms with Gasteiger partial charge in [0.25, 0.3) is 0 Å². The summed E-state index contributed by atoms with van der Waals surface area (Å²) in [6, 6.07) is 2.28. The maximum Gasteiger partial charge on any atom is 0.0415 e. The molecule has 16 heavy (non-hydrogen) atoms. The van der Waals surface area contributed by atoms with Gasteiger partial charge in [-0.2, -0.15) is 0 Å². The number of nitrogens with two attached hydrogens (primary N) is 1. The van der Waals surface area contributed by atoms with Gasteiger partial charge in [-0.25, -0.2) is 0 Å². The molecule has 1 aromatic rings. The number of aryl methyl sites for hydroxylation is 2. The van der Waals surface area contributed by atoms with E-state index in [1.165, 1.54) is 40.7 Å². The van der Waals surface area contributed by atoms with E-state index in [2.05, 4.69) is 33.8 Å². The van der Waals surface area contributed by atoms with E-state index in [9.17, 15) is 0 Å². The highest BCUT2D eigenvalue weighted by Crippen LogP contribution is 2.40. The Labute approximate surface area is 99.0 Å². The minimum absolute atomic E-state index is 0.0506. The summed E-state index contributed by atoms with van der Waals surface area (Å²) < 4.78 is 0. The zero-order chi connectivity index (χ0) is 11.9. The van der Waals surface area contributed by atoms with Crippen LogP contribution in [0.2, 0.25) is 0 Å². The molecule has 1 aliphatic rings. The molecule has 0 unspecified atom stereocenters. The highest BCUT2D eigenvalue weighted by molar-refractivity contribution is 5.48. The van der Waals surface area contributed by atoms with Gasteiger partial charge in [0, 0.05) is 5.54 Å². The standard InChI is InChI=1S/C15H23N/c1-10-9-11(2)13(4)14(12(10)3)15(16)7-5-6-8-15/h9H,5-8,16H2,1-4H3. The third kappa shape index (κ3) is 1.67. The van der Waals surface area contributed by atoms with Gasteiger partial charge in [0.15, 0.2) is 0 Å². The van der Waals surface area contributed by atoms with Gasteiger partial charge in [-0.05, 0) is 68.4 Å². The van der Waals surface area contributed by atoms with Crippen molar-refractivity contribution in [3.05, 3.63) is 33.9 Å². The zero-order valence-corrected chi connectivity index (χ0v) is 11.0. The Morgan fingerprint density at radius 2 is 1.38 bits per heavy atom. The molecule has 2 N–H and O–H groups in total. The van der Waals surface area contributed by atoms with Gasteiger partial charge in [-0.3, -0.25) is 0 Å². The summed E-state index contributed by atoms with van der Waals surface area (Å²) in [5.74, 6) is 0. The third-order valence-electron chi connectivity index (χ3n) is 4.36. The fourth-order valence-corrected chi connectivity index (χ4v) is 3.22. The van der Waals surface area contributed by atoms with Crippen LogP contribution in [0, 0.1) is 27.7 Å². The second-order valence-corrected chi connectivity index (χ2v) is 5.50. The zero-order valence-electron chi connectivity index (χ0n) is 11.0. The van der Waals surface area contributed by atoms with Crippen LogP contribution in [0.1, 0.15) is 53.5 Å². The lowest BCUT2D eigenvalue weighted by Crippen LogP contribution is -2.35. The highest BCUT2D eigenvalue weighted by Gasteiger charge is 2.34. The minimum atomic E-state index is -0.0506. The van der Waals surface area contributed by atoms with Crippen molar-refractivity contribution in [2.24, 2.45) is 5.73 Å². The van der Waals surface area contributed by atoms with Crippen LogP contribution in [-0.4, -0.2) is 0 Å². The van der Waals surface area contributed by atoms with Crippen LogP contribution >= 0.6 is 0 Å². The van der Waals surface area contributed by atoms with Gasteiger partial charge in [0.1, 0.15) is 0 Å². The molecule has 0 saturated heterocycles. The predicted molar refractivity (Wildman–Crippen MR) is 69.7 cm³/mol. The van der Waals surface area contributed by atoms with Crippen molar-refractivity contribution in [3.8, 4) is 0 Å². The normalized spacial score (nSPS) is 19.1. The fraction of sp³-hybridized carbons (Fsp3) is 0.600. The SMILES string of the molecule is Cc1cc(C)c(C)c(C2(N)CCCC2)c1C. The highest BCUT2D eigenvalue weighted by atomic mass is 14.8. The first kappa shape index (κ1) is 11.7. The molecule has 1 aliphatic carbocycles. The topological polar surface area (TPSA) is 26.0 Å². The lowest BCUT2D eigenvalue weighted by Gasteiger charge is -2.30. The Kier molecular flexibility index (Phi) is 2.83. The molecule has 0 radical (unpaired) electrons. The van der Waals surface area contributed by atoms with E-state index in [-0.39, 0.29) is 5.54 Å². The lowest BCUT2D eigenvalue weighted by atomic mass is 9.80. The van der Waals surface area contributed by atoms with E-state index < -0.39 is 0 Å². The maximum absolute atomic E-state index is 6.62. The molecule has 1 aromatic carbocycles. The van der Waals surface area contributed by atoms with Crippen molar-refractivity contribution >= 4 is 0 Å². The maximum atomic E-state index is 6.62. The summed E-state index contributed by atoms with van der Waals surface area (Å²) in [4.78, 5) is 0. The summed E-state index contributed by atoms with van der Waals surface area (Å²) in [6.07, 6.45) is 4.86. The molecular weight excluding hydrogens is 194 g/mol. The first-order chi connectivity index (χ1) is 7.46. The fourth-order valence-electron chi connectivity index (χ4n) is 3.22. The second kappa shape index (κ2) is 3.89. The molecule has 2 rings (SSSR count). The van der Waals surface area contributed by atoms with Crippen LogP contribution in [0.5, 0.6) is 0 Å². The van der Waals surface area contributed by atoms with Crippen LogP contribution in [0.3, 0.4) is 0 Å². The first-order valence-corrected chi connectivity index (χ1v) is 6.32. The van der Waals surface area contributed by atoms with Crippen LogP contribution < -0.4 is 5.73 Å². The van der Waals surface area contributed by atoms with Crippen molar-refractivity contribution in [1.82, 2.24) is 0 Å². The molecule has 0 spiro atoms. The minimum Gasteiger partial charge on any atom is -0.321 e. The summed E-state index contributed by atoms with van der Waals surface area (Å²) in [5.41, 5.74) is 13.6. The van der Waals surface area contributed by atoms with E-state index in [0.29, 0.717) is 0 Å². The molecule has 1 heteroatoms. The molecule has 0 amide bonds. The Morgan fingerprint density at radius 1 is 0.938 bits per heavy atom. The molecule has 0 heterocycles. The number of hydrogen-bond donors (Lipinski definition) is 1. The predicted octanol–water partition coefficient (Wildman–Crippen LogP) is 3.65. The number of hydrogen-bond acceptors (Lipinski definition) is 1. The Morgan fingerprint density at radius 3 is 1.81 bits per heavy atom. The molecule has 1 saturated carbocycles. The third-order valence-corrected chi connectivity index (χ3v) is 4.36. The molecule has 0 bridgehead atoms. The second-order valence-electron chi connectivity index (χ2n) is 5.50. The van der Waals surface area contributed by atoms with Gasteiger partial charge in [-0.1, -0.05) is 18.9 Å². The van der Waals surface area contributed by atoms with E-state index in [4.69, 9.17) is 5.73 Å². The van der Waals surface area contributed by atoms with Gasteiger partial charge in [0.2, 0.25) is 0 Å². The molecule has 0 aliphatic heterocycles. The van der Waals surface area contributed by atoms with E-state index >= 15 is 0 Å². The van der Waals surface area contributed by atoms with E-state index in [0.717, 1.165) is 12.8 Å². The monoisotopic (exact) mass is 217 g/mol. The quantitative estimate of drug-likeness (QED) is 0.763. The Bertz CT molecular complexity index is 386. The largest absolute Gasteiger partial charge is 0.321 e. The average Bonchev–Trinajstić information content (AvgIpc) is 2.63. The van der Waals surface area contributed by atoms with Gasteiger partial charge >= 0.3 is 0 Å². The number of benzene rings is 1. The molecule has 1 fully saturated rings. The van der Waals surface area contributed by atoms with Gasteiger partial charge in [-0.15, -0.1) is 0 Å². The van der Waals surface area contributed by atoms with Crippen molar-refractivity contribution < 1.29 is 0 Å². The Hall–Kier alpha value is -0.820. The van der Waals surface area contributed by atoms with Crippen LogP contribution in [0.25, 0.3) is 0 Å². The lowest BCUT2D eigenvalue weighted by molar-refractivity contribution is 0.455. The Balaban J connectivity index is 2.63. The smallest absolute Gasteiger partial charge is 0.0415 e. The van der Waals surface area contributed by atoms with Crippen LogP contribution in [0.4, 0.5) is 0 Å². The van der Waals surface area contributed by atoms with E-state index in [1.807, 2.05) is 0 Å². The van der Waals surface area contributed by atoms with Crippen molar-refractivity contribution in [2.75, 3.05) is 0 Å². The summed E-state index contributed by atoms with van der Waals surface area (Å²) in [7, 11) is 0. The van der Waals surface area contributed by atoms with Crippen LogP contribution in [0.15, 0.2) is 6.07 Å². The number of rotatable bonds is 1. The van der Waals surface area contributed by atoms with Crippen molar-refractivity contribution in [1.29, 1.82) is 0 Å². The molecular formula is C15H23N. The van der Waals surface area contributed by atoms with Crippen molar-refractivity contribution in [3.63, 3.8) is 0 Å². The first-order valence-electron chi connectivity index (χ1n) is 6.32. The molecule has 0 atom stereocenters. The summed E-state index contributed by atoms with van der Waals surface area (Å²) in [6.45, 7) is 8.85.